The molecule has 86 valence electrons. The molecule has 2 rings (SSSR count). The van der Waals surface area contributed by atoms with E-state index in [1.807, 2.05) is 0 Å². The molecule has 0 aliphatic heterocycles. The van der Waals surface area contributed by atoms with Crippen LogP contribution in [0.5, 0.6) is 0 Å². The maximum Gasteiger partial charge on any atom is 0.324 e. The lowest BCUT2D eigenvalue weighted by atomic mass is 10.5. The van der Waals surface area contributed by atoms with Gasteiger partial charge in [0.1, 0.15) is 12.1 Å². The highest BCUT2D eigenvalue weighted by atomic mass is 32.1. The molecule has 1 aliphatic rings. The third-order valence-corrected chi connectivity index (χ3v) is 2.73. The largest absolute Gasteiger partial charge is 0.480 e. The first kappa shape index (κ1) is 10.8. The van der Waals surface area contributed by atoms with E-state index in [9.17, 15) is 9.59 Å². The summed E-state index contributed by atoms with van der Waals surface area (Å²) in [6.45, 7) is -0.282. The van der Waals surface area contributed by atoms with Crippen molar-refractivity contribution in [3.63, 3.8) is 0 Å². The minimum Gasteiger partial charge on any atom is -0.480 e. The Morgan fingerprint density at radius 3 is 2.88 bits per heavy atom. The molecule has 0 saturated heterocycles. The van der Waals surface area contributed by atoms with E-state index >= 15 is 0 Å². The van der Waals surface area contributed by atoms with Gasteiger partial charge in [-0.1, -0.05) is 11.3 Å². The van der Waals surface area contributed by atoms with Gasteiger partial charge in [0.05, 0.1) is 0 Å². The molecular formula is C8H10N4O3S. The Bertz CT molecular complexity index is 390. The van der Waals surface area contributed by atoms with Crippen molar-refractivity contribution in [1.82, 2.24) is 15.1 Å². The van der Waals surface area contributed by atoms with Crippen molar-refractivity contribution in [3.8, 4) is 0 Å². The molecule has 0 radical (unpaired) electrons. The second-order valence-corrected chi connectivity index (χ2v) is 4.26. The average Bonchev–Trinajstić information content (AvgIpc) is 2.94. The second kappa shape index (κ2) is 4.44. The molecule has 0 spiro atoms. The molecule has 0 aromatic carbocycles. The highest BCUT2D eigenvalue weighted by Crippen LogP contribution is 2.27. The van der Waals surface area contributed by atoms with E-state index in [-0.39, 0.29) is 12.6 Å². The number of rotatable bonds is 4. The van der Waals surface area contributed by atoms with E-state index in [4.69, 9.17) is 5.11 Å². The smallest absolute Gasteiger partial charge is 0.324 e. The van der Waals surface area contributed by atoms with Gasteiger partial charge in [-0.2, -0.15) is 0 Å². The summed E-state index contributed by atoms with van der Waals surface area (Å²) in [5.74, 6) is -1.01. The summed E-state index contributed by atoms with van der Waals surface area (Å²) in [4.78, 5) is 23.6. The van der Waals surface area contributed by atoms with E-state index in [0.29, 0.717) is 5.13 Å². The highest BCUT2D eigenvalue weighted by Gasteiger charge is 2.34. The quantitative estimate of drug-likeness (QED) is 0.806. The Hall–Kier alpha value is -1.70. The highest BCUT2D eigenvalue weighted by molar-refractivity contribution is 7.13. The van der Waals surface area contributed by atoms with Crippen molar-refractivity contribution in [3.05, 3.63) is 5.51 Å². The lowest BCUT2D eigenvalue weighted by Gasteiger charge is -2.19. The van der Waals surface area contributed by atoms with Crippen LogP contribution in [0.2, 0.25) is 0 Å². The molecule has 0 bridgehead atoms. The van der Waals surface area contributed by atoms with Gasteiger partial charge in [0.25, 0.3) is 0 Å². The van der Waals surface area contributed by atoms with E-state index in [2.05, 4.69) is 15.5 Å². The number of hydrogen-bond acceptors (Lipinski definition) is 5. The zero-order valence-corrected chi connectivity index (χ0v) is 9.11. The number of aromatic nitrogens is 2. The van der Waals surface area contributed by atoms with Gasteiger partial charge in [-0.15, -0.1) is 10.2 Å². The Morgan fingerprint density at radius 2 is 2.38 bits per heavy atom. The summed E-state index contributed by atoms with van der Waals surface area (Å²) in [5.41, 5.74) is 1.49. The number of hydrogen-bond donors (Lipinski definition) is 2. The van der Waals surface area contributed by atoms with Crippen molar-refractivity contribution in [2.45, 2.75) is 18.9 Å². The summed E-state index contributed by atoms with van der Waals surface area (Å²) in [7, 11) is 0. The predicted octanol–water partition coefficient (Wildman–Crippen LogP) is 0.619. The molecule has 7 nitrogen and oxygen atoms in total. The van der Waals surface area contributed by atoms with E-state index in [1.165, 1.54) is 21.7 Å². The summed E-state index contributed by atoms with van der Waals surface area (Å²) in [5, 5.41) is 18.8. The van der Waals surface area contributed by atoms with Crippen molar-refractivity contribution >= 4 is 28.5 Å². The predicted molar refractivity (Wildman–Crippen MR) is 56.3 cm³/mol. The van der Waals surface area contributed by atoms with Crippen LogP contribution in [0.15, 0.2) is 5.51 Å². The summed E-state index contributed by atoms with van der Waals surface area (Å²) in [6.07, 6.45) is 1.72. The van der Waals surface area contributed by atoms with Crippen LogP contribution in [-0.2, 0) is 4.79 Å². The van der Waals surface area contributed by atoms with Gasteiger partial charge >= 0.3 is 12.0 Å². The molecule has 0 unspecified atom stereocenters. The molecule has 2 amide bonds. The van der Waals surface area contributed by atoms with Gasteiger partial charge < -0.3 is 10.0 Å². The Kier molecular flexibility index (Phi) is 3.00. The van der Waals surface area contributed by atoms with Gasteiger partial charge in [-0.05, 0) is 12.8 Å². The molecule has 1 aromatic heterocycles. The van der Waals surface area contributed by atoms with Crippen LogP contribution in [0.1, 0.15) is 12.8 Å². The number of anilines is 1. The fraction of sp³-hybridized carbons (Fsp3) is 0.500. The number of nitrogens with zero attached hydrogens (tertiary/aromatic N) is 3. The topological polar surface area (TPSA) is 95.4 Å². The maximum atomic E-state index is 11.7. The number of amides is 2. The molecular weight excluding hydrogens is 232 g/mol. The number of carboxylic acid groups (broad SMARTS) is 1. The lowest BCUT2D eigenvalue weighted by molar-refractivity contribution is -0.137. The average molecular weight is 242 g/mol. The van der Waals surface area contributed by atoms with Gasteiger partial charge in [-0.3, -0.25) is 10.1 Å². The van der Waals surface area contributed by atoms with E-state index in [1.54, 1.807) is 0 Å². The lowest BCUT2D eigenvalue weighted by Crippen LogP contribution is -2.40. The molecule has 0 atom stereocenters. The zero-order chi connectivity index (χ0) is 11.5. The first-order valence-electron chi connectivity index (χ1n) is 4.72. The van der Waals surface area contributed by atoms with Crippen LogP contribution < -0.4 is 5.32 Å². The second-order valence-electron chi connectivity index (χ2n) is 3.43. The fourth-order valence-corrected chi connectivity index (χ4v) is 1.72. The minimum atomic E-state index is -1.01. The van der Waals surface area contributed by atoms with Crippen molar-refractivity contribution < 1.29 is 14.7 Å². The third-order valence-electron chi connectivity index (χ3n) is 2.13. The Balaban J connectivity index is 1.97. The van der Waals surface area contributed by atoms with Crippen LogP contribution in [0.4, 0.5) is 9.93 Å². The summed E-state index contributed by atoms with van der Waals surface area (Å²) >= 11 is 1.19. The van der Waals surface area contributed by atoms with Crippen molar-refractivity contribution in [2.24, 2.45) is 0 Å². The number of urea groups is 1. The van der Waals surface area contributed by atoms with Crippen LogP contribution in [0.3, 0.4) is 0 Å². The van der Waals surface area contributed by atoms with Crippen LogP contribution in [-0.4, -0.2) is 44.8 Å². The van der Waals surface area contributed by atoms with E-state index in [0.717, 1.165) is 12.8 Å². The zero-order valence-electron chi connectivity index (χ0n) is 8.29. The van der Waals surface area contributed by atoms with Gasteiger partial charge in [0.15, 0.2) is 0 Å². The monoisotopic (exact) mass is 242 g/mol. The number of carboxylic acids is 1. The van der Waals surface area contributed by atoms with Gasteiger partial charge in [-0.25, -0.2) is 4.79 Å². The molecule has 1 aliphatic carbocycles. The molecule has 1 aromatic rings. The number of aliphatic carboxylic acids is 1. The molecule has 16 heavy (non-hydrogen) atoms. The number of carbonyl (C=O) groups excluding carboxylic acids is 1. The molecule has 8 heteroatoms. The first-order valence-corrected chi connectivity index (χ1v) is 5.60. The SMILES string of the molecule is O=C(O)CN(C(=O)Nc1nncs1)C1CC1. The number of nitrogens with one attached hydrogen (secondary N) is 1. The molecule has 2 N–H and O–H groups in total. The maximum absolute atomic E-state index is 11.7. The van der Waals surface area contributed by atoms with Crippen molar-refractivity contribution in [2.75, 3.05) is 11.9 Å². The molecule has 1 fully saturated rings. The first-order chi connectivity index (χ1) is 7.66. The summed E-state index contributed by atoms with van der Waals surface area (Å²) in [6, 6.07) is -0.384. The van der Waals surface area contributed by atoms with Gasteiger partial charge in [0, 0.05) is 6.04 Å². The van der Waals surface area contributed by atoms with Crippen LogP contribution in [0.25, 0.3) is 0 Å². The Labute approximate surface area is 95.1 Å². The Morgan fingerprint density at radius 1 is 1.62 bits per heavy atom. The summed E-state index contributed by atoms with van der Waals surface area (Å²) < 4.78 is 0. The molecule has 1 saturated carbocycles. The molecule has 1 heterocycles. The fourth-order valence-electron chi connectivity index (χ4n) is 1.29. The van der Waals surface area contributed by atoms with Crippen molar-refractivity contribution in [1.29, 1.82) is 0 Å². The normalized spacial score (nSPS) is 14.5. The number of carbonyl (C=O) groups is 2. The van der Waals surface area contributed by atoms with Crippen LogP contribution >= 0.6 is 11.3 Å². The van der Waals surface area contributed by atoms with Gasteiger partial charge in [0.2, 0.25) is 5.13 Å². The standard InChI is InChI=1S/C8H10N4O3S/c13-6(14)3-12(5-1-2-5)8(15)10-7-11-9-4-16-7/h4-5H,1-3H2,(H,13,14)(H,10,11,15). The van der Waals surface area contributed by atoms with E-state index < -0.39 is 12.0 Å². The van der Waals surface area contributed by atoms with Crippen LogP contribution in [0, 0.1) is 0 Å². The third kappa shape index (κ3) is 2.66. The minimum absolute atomic E-state index is 0.0454.